The molecule has 3 rings (SSSR count). The molecule has 1 N–H and O–H groups in total. The topological polar surface area (TPSA) is 49.4 Å². The quantitative estimate of drug-likeness (QED) is 0.865. The van der Waals surface area contributed by atoms with Gasteiger partial charge in [-0.05, 0) is 64.2 Å². The van der Waals surface area contributed by atoms with Crippen LogP contribution in [0.2, 0.25) is 0 Å². The van der Waals surface area contributed by atoms with Gasteiger partial charge in [0.05, 0.1) is 0 Å². The van der Waals surface area contributed by atoms with Crippen molar-refractivity contribution < 1.29 is 9.59 Å². The first-order valence-corrected chi connectivity index (χ1v) is 8.74. The lowest BCUT2D eigenvalue weighted by Crippen LogP contribution is -2.33. The van der Waals surface area contributed by atoms with Gasteiger partial charge in [-0.15, -0.1) is 0 Å². The van der Waals surface area contributed by atoms with Crippen LogP contribution in [0.5, 0.6) is 0 Å². The number of hydrogen-bond donors (Lipinski definition) is 1. The van der Waals surface area contributed by atoms with Gasteiger partial charge in [0.2, 0.25) is 0 Å². The third kappa shape index (κ3) is 4.34. The standard InChI is InChI=1S/C21H24N2O2/c1-15-6-8-17(9-7-15)21(25)22-19-5-3-4-18(14-19)20(24)16-10-12-23(2)13-11-16/h3-9,14,16H,10-13H2,1-2H3,(H,22,25). The lowest BCUT2D eigenvalue weighted by molar-refractivity contribution is 0.0856. The molecule has 0 unspecified atom stereocenters. The van der Waals surface area contributed by atoms with Gasteiger partial charge in [-0.2, -0.15) is 0 Å². The van der Waals surface area contributed by atoms with E-state index in [1.165, 1.54) is 0 Å². The van der Waals surface area contributed by atoms with Crippen molar-refractivity contribution in [2.45, 2.75) is 19.8 Å². The van der Waals surface area contributed by atoms with Crippen LogP contribution in [0.3, 0.4) is 0 Å². The predicted molar refractivity (Wildman–Crippen MR) is 100 cm³/mol. The normalized spacial score (nSPS) is 15.8. The Morgan fingerprint density at radius 3 is 2.36 bits per heavy atom. The summed E-state index contributed by atoms with van der Waals surface area (Å²) >= 11 is 0. The molecule has 0 aliphatic carbocycles. The number of Topliss-reactive ketones (excluding diaryl/α,β-unsaturated/α-hetero) is 1. The van der Waals surface area contributed by atoms with E-state index >= 15 is 0 Å². The lowest BCUT2D eigenvalue weighted by atomic mass is 9.89. The highest BCUT2D eigenvalue weighted by Gasteiger charge is 2.24. The molecule has 2 aromatic rings. The summed E-state index contributed by atoms with van der Waals surface area (Å²) in [6, 6.07) is 14.7. The summed E-state index contributed by atoms with van der Waals surface area (Å²) in [7, 11) is 2.09. The minimum Gasteiger partial charge on any atom is -0.322 e. The summed E-state index contributed by atoms with van der Waals surface area (Å²) in [5.41, 5.74) is 3.06. The van der Waals surface area contributed by atoms with Gasteiger partial charge in [0.1, 0.15) is 0 Å². The fourth-order valence-electron chi connectivity index (χ4n) is 3.16. The number of nitrogens with one attached hydrogen (secondary N) is 1. The van der Waals surface area contributed by atoms with Gasteiger partial charge >= 0.3 is 0 Å². The number of piperidine rings is 1. The molecule has 25 heavy (non-hydrogen) atoms. The molecule has 1 amide bonds. The van der Waals surface area contributed by atoms with E-state index in [0.717, 1.165) is 31.5 Å². The fraction of sp³-hybridized carbons (Fsp3) is 0.333. The van der Waals surface area contributed by atoms with Crippen LogP contribution >= 0.6 is 0 Å². The summed E-state index contributed by atoms with van der Waals surface area (Å²) in [4.78, 5) is 27.3. The van der Waals surface area contributed by atoms with E-state index in [0.29, 0.717) is 16.8 Å². The minimum atomic E-state index is -0.163. The number of amides is 1. The number of aryl methyl sites for hydroxylation is 1. The Balaban J connectivity index is 1.69. The van der Waals surface area contributed by atoms with E-state index in [1.807, 2.05) is 37.3 Å². The van der Waals surface area contributed by atoms with Gasteiger partial charge in [-0.3, -0.25) is 9.59 Å². The molecule has 130 valence electrons. The first-order chi connectivity index (χ1) is 12.0. The Kier molecular flexibility index (Phi) is 5.29. The zero-order valence-electron chi connectivity index (χ0n) is 14.8. The maximum absolute atomic E-state index is 12.7. The van der Waals surface area contributed by atoms with Crippen LogP contribution in [-0.4, -0.2) is 36.7 Å². The van der Waals surface area contributed by atoms with Gasteiger partial charge in [-0.25, -0.2) is 0 Å². The average Bonchev–Trinajstić information content (AvgIpc) is 2.62. The zero-order chi connectivity index (χ0) is 17.8. The van der Waals surface area contributed by atoms with Crippen LogP contribution in [-0.2, 0) is 0 Å². The van der Waals surface area contributed by atoms with Gasteiger partial charge in [0, 0.05) is 22.7 Å². The minimum absolute atomic E-state index is 0.0826. The van der Waals surface area contributed by atoms with Crippen molar-refractivity contribution >= 4 is 17.4 Å². The maximum atomic E-state index is 12.7. The molecule has 1 saturated heterocycles. The zero-order valence-corrected chi connectivity index (χ0v) is 14.8. The van der Waals surface area contributed by atoms with Gasteiger partial charge < -0.3 is 10.2 Å². The van der Waals surface area contributed by atoms with Crippen molar-refractivity contribution in [1.82, 2.24) is 4.90 Å². The highest BCUT2D eigenvalue weighted by molar-refractivity contribution is 6.05. The van der Waals surface area contributed by atoms with Crippen molar-refractivity contribution in [2.75, 3.05) is 25.5 Å². The summed E-state index contributed by atoms with van der Waals surface area (Å²) < 4.78 is 0. The number of hydrogen-bond acceptors (Lipinski definition) is 3. The van der Waals surface area contributed by atoms with E-state index in [2.05, 4.69) is 17.3 Å². The van der Waals surface area contributed by atoms with Crippen molar-refractivity contribution in [3.63, 3.8) is 0 Å². The SMILES string of the molecule is Cc1ccc(C(=O)Nc2cccc(C(=O)C3CCN(C)CC3)c2)cc1. The molecule has 1 aliphatic rings. The number of benzene rings is 2. The smallest absolute Gasteiger partial charge is 0.255 e. The average molecular weight is 336 g/mol. The molecule has 0 saturated carbocycles. The molecule has 0 bridgehead atoms. The number of carbonyl (C=O) groups excluding carboxylic acids is 2. The van der Waals surface area contributed by atoms with Crippen LogP contribution in [0.25, 0.3) is 0 Å². The fourth-order valence-corrected chi connectivity index (χ4v) is 3.16. The Hall–Kier alpha value is -2.46. The maximum Gasteiger partial charge on any atom is 0.255 e. The summed E-state index contributed by atoms with van der Waals surface area (Å²) in [5, 5.41) is 2.88. The largest absolute Gasteiger partial charge is 0.322 e. The second-order valence-corrected chi connectivity index (χ2v) is 6.84. The highest BCUT2D eigenvalue weighted by Crippen LogP contribution is 2.22. The molecule has 1 aliphatic heterocycles. The Labute approximate surface area is 148 Å². The molecule has 1 fully saturated rings. The van der Waals surface area contributed by atoms with E-state index in [9.17, 15) is 9.59 Å². The molecule has 0 atom stereocenters. The van der Waals surface area contributed by atoms with E-state index in [1.54, 1.807) is 18.2 Å². The Morgan fingerprint density at radius 1 is 1.00 bits per heavy atom. The first kappa shape index (κ1) is 17.4. The van der Waals surface area contributed by atoms with Crippen LogP contribution < -0.4 is 5.32 Å². The molecular formula is C21H24N2O2. The molecule has 1 heterocycles. The van der Waals surface area contributed by atoms with E-state index < -0.39 is 0 Å². The lowest BCUT2D eigenvalue weighted by Gasteiger charge is -2.28. The van der Waals surface area contributed by atoms with Crippen molar-refractivity contribution in [3.05, 3.63) is 65.2 Å². The van der Waals surface area contributed by atoms with Crippen LogP contribution in [0.15, 0.2) is 48.5 Å². The van der Waals surface area contributed by atoms with Crippen LogP contribution in [0.1, 0.15) is 39.1 Å². The second-order valence-electron chi connectivity index (χ2n) is 6.84. The number of nitrogens with zero attached hydrogens (tertiary/aromatic N) is 1. The number of likely N-dealkylation sites (tertiary alicyclic amines) is 1. The monoisotopic (exact) mass is 336 g/mol. The number of carbonyl (C=O) groups is 2. The Morgan fingerprint density at radius 2 is 1.68 bits per heavy atom. The molecule has 0 radical (unpaired) electrons. The van der Waals surface area contributed by atoms with Gasteiger partial charge in [-0.1, -0.05) is 29.8 Å². The molecular weight excluding hydrogens is 312 g/mol. The molecule has 4 heteroatoms. The van der Waals surface area contributed by atoms with Crippen molar-refractivity contribution in [2.24, 2.45) is 5.92 Å². The predicted octanol–water partition coefficient (Wildman–Crippen LogP) is 3.77. The third-order valence-corrected chi connectivity index (χ3v) is 4.81. The second kappa shape index (κ2) is 7.62. The van der Waals surface area contributed by atoms with Gasteiger partial charge in [0.25, 0.3) is 5.91 Å². The van der Waals surface area contributed by atoms with Crippen LogP contribution in [0.4, 0.5) is 5.69 Å². The number of ketones is 1. The first-order valence-electron chi connectivity index (χ1n) is 8.74. The summed E-state index contributed by atoms with van der Waals surface area (Å²) in [6.45, 7) is 3.90. The molecule has 4 nitrogen and oxygen atoms in total. The van der Waals surface area contributed by atoms with Crippen molar-refractivity contribution in [1.29, 1.82) is 0 Å². The van der Waals surface area contributed by atoms with Gasteiger partial charge in [0.15, 0.2) is 5.78 Å². The summed E-state index contributed by atoms with van der Waals surface area (Å²) in [5.74, 6) is 0.0997. The van der Waals surface area contributed by atoms with Crippen LogP contribution in [0, 0.1) is 12.8 Å². The van der Waals surface area contributed by atoms with E-state index in [4.69, 9.17) is 0 Å². The molecule has 0 aromatic heterocycles. The highest BCUT2D eigenvalue weighted by atomic mass is 16.1. The Bertz CT molecular complexity index is 760. The van der Waals surface area contributed by atoms with Crippen molar-refractivity contribution in [3.8, 4) is 0 Å². The number of rotatable bonds is 4. The summed E-state index contributed by atoms with van der Waals surface area (Å²) in [6.07, 6.45) is 1.80. The van der Waals surface area contributed by atoms with E-state index in [-0.39, 0.29) is 17.6 Å². The third-order valence-electron chi connectivity index (χ3n) is 4.81. The molecule has 0 spiro atoms. The molecule has 2 aromatic carbocycles. The number of anilines is 1.